The van der Waals surface area contributed by atoms with E-state index in [2.05, 4.69) is 15.3 Å². The van der Waals surface area contributed by atoms with Crippen LogP contribution in [0.5, 0.6) is 0 Å². The zero-order valence-electron chi connectivity index (χ0n) is 14.6. The molecule has 0 unspecified atom stereocenters. The Morgan fingerprint density at radius 3 is 2.78 bits per heavy atom. The highest BCUT2D eigenvalue weighted by Crippen LogP contribution is 2.37. The van der Waals surface area contributed by atoms with Crippen LogP contribution in [0.15, 0.2) is 6.33 Å². The van der Waals surface area contributed by atoms with Gasteiger partial charge >= 0.3 is 5.97 Å². The highest BCUT2D eigenvalue weighted by molar-refractivity contribution is 5.80. The number of nitrogens with two attached hydrogens (primary N) is 3. The monoisotopic (exact) mass is 383 g/mol. The van der Waals surface area contributed by atoms with Gasteiger partial charge in [-0.15, -0.1) is 0 Å². The molecule has 2 aliphatic heterocycles. The number of anilines is 3. The minimum atomic E-state index is -1.17. The van der Waals surface area contributed by atoms with E-state index in [1.54, 1.807) is 4.90 Å². The number of hydrogen-bond acceptors (Lipinski definition) is 11. The molecule has 1 saturated heterocycles. The molecule has 10 N–H and O–H groups in total. The lowest BCUT2D eigenvalue weighted by Crippen LogP contribution is -2.44. The Balaban J connectivity index is 1.62. The molecule has 1 fully saturated rings. The largest absolute Gasteiger partial charge is 0.480 e. The average Bonchev–Trinajstić information content (AvgIpc) is 3.17. The van der Waals surface area contributed by atoms with Gasteiger partial charge in [-0.3, -0.25) is 4.79 Å². The van der Waals surface area contributed by atoms with Gasteiger partial charge in [0.25, 0.3) is 0 Å². The lowest BCUT2D eigenvalue weighted by molar-refractivity contribution is -0.138. The topological polar surface area (TPSA) is 206 Å². The lowest BCUT2D eigenvalue weighted by atomic mass is 9.98. The van der Waals surface area contributed by atoms with Crippen LogP contribution in [0.3, 0.4) is 0 Å². The normalized spacial score (nSPS) is 29.3. The molecule has 3 rings (SSSR count). The van der Waals surface area contributed by atoms with E-state index in [1.807, 2.05) is 0 Å². The molecule has 6 atom stereocenters. The van der Waals surface area contributed by atoms with Crippen LogP contribution < -0.4 is 27.4 Å². The molecular formula is C15H25N7O5. The van der Waals surface area contributed by atoms with E-state index in [0.717, 1.165) is 0 Å². The van der Waals surface area contributed by atoms with Gasteiger partial charge in [-0.2, -0.15) is 0 Å². The molecule has 0 saturated carbocycles. The Bertz CT molecular complexity index is 693. The Labute approximate surface area is 155 Å². The summed E-state index contributed by atoms with van der Waals surface area (Å²) in [6.07, 6.45) is -1.72. The van der Waals surface area contributed by atoms with Crippen LogP contribution in [0.1, 0.15) is 19.3 Å². The van der Waals surface area contributed by atoms with Crippen molar-refractivity contribution in [3.63, 3.8) is 0 Å². The fraction of sp³-hybridized carbons (Fsp3) is 0.667. The average molecular weight is 383 g/mol. The summed E-state index contributed by atoms with van der Waals surface area (Å²) in [5.41, 5.74) is 17.8. The first-order valence-electron chi connectivity index (χ1n) is 8.66. The van der Waals surface area contributed by atoms with Crippen LogP contribution in [0, 0.1) is 0 Å². The Kier molecular flexibility index (Phi) is 5.62. The summed E-state index contributed by atoms with van der Waals surface area (Å²) < 4.78 is 5.85. The second-order valence-corrected chi connectivity index (χ2v) is 6.83. The fourth-order valence-electron chi connectivity index (χ4n) is 3.34. The molecule has 12 nitrogen and oxygen atoms in total. The fourth-order valence-corrected chi connectivity index (χ4v) is 3.34. The number of aliphatic carboxylic acids is 1. The number of nitrogen functional groups attached to an aromatic ring is 1. The number of carboxylic acids is 1. The zero-order valence-corrected chi connectivity index (χ0v) is 14.6. The van der Waals surface area contributed by atoms with Crippen LogP contribution in [0.4, 0.5) is 17.3 Å². The van der Waals surface area contributed by atoms with E-state index < -0.39 is 42.6 Å². The number of carboxylic acid groups (broad SMARTS) is 1. The molecular weight excluding hydrogens is 358 g/mol. The summed E-state index contributed by atoms with van der Waals surface area (Å²) in [4.78, 5) is 20.5. The lowest BCUT2D eigenvalue weighted by Gasteiger charge is -2.26. The summed E-state index contributed by atoms with van der Waals surface area (Å²) >= 11 is 0. The molecule has 150 valence electrons. The number of fused-ring (bicyclic) bond motifs is 1. The molecule has 3 heterocycles. The Hall–Kier alpha value is -2.25. The Morgan fingerprint density at radius 2 is 2.07 bits per heavy atom. The first kappa shape index (κ1) is 19.5. The first-order chi connectivity index (χ1) is 12.8. The van der Waals surface area contributed by atoms with E-state index >= 15 is 0 Å². The minimum Gasteiger partial charge on any atom is -0.480 e. The second kappa shape index (κ2) is 7.78. The third-order valence-electron chi connectivity index (χ3n) is 4.90. The molecule has 0 bridgehead atoms. The standard InChI is InChI=1S/C15H25N7O5/c16-6(1-2-7(17)15(25)26)3-8-10(23)11(24)14(27-8)22-5-21-9-12(18)19-4-20-13(9)22/h4,6-8,10-11,14,21,23-24H,1-3,5,16-17H2,(H,25,26)(H2,18,19,20)/t6-,7-,8+,10+,11+,14+/m0/s1. The van der Waals surface area contributed by atoms with Gasteiger partial charge in [-0.05, 0) is 19.3 Å². The number of nitrogens with one attached hydrogen (secondary N) is 1. The molecule has 0 aliphatic carbocycles. The van der Waals surface area contributed by atoms with E-state index in [9.17, 15) is 15.0 Å². The maximum Gasteiger partial charge on any atom is 0.320 e. The van der Waals surface area contributed by atoms with E-state index in [1.165, 1.54) is 6.33 Å². The van der Waals surface area contributed by atoms with Crippen molar-refractivity contribution in [1.82, 2.24) is 9.97 Å². The number of ether oxygens (including phenoxy) is 1. The van der Waals surface area contributed by atoms with E-state index in [0.29, 0.717) is 24.6 Å². The van der Waals surface area contributed by atoms with Gasteiger partial charge in [0.15, 0.2) is 17.9 Å². The van der Waals surface area contributed by atoms with Gasteiger partial charge in [0, 0.05) is 6.04 Å². The van der Waals surface area contributed by atoms with Crippen molar-refractivity contribution in [1.29, 1.82) is 0 Å². The number of carbonyl (C=O) groups is 1. The number of nitrogens with zero attached hydrogens (tertiary/aromatic N) is 3. The quantitative estimate of drug-likeness (QED) is 0.263. The number of aliphatic hydroxyl groups excluding tert-OH is 2. The first-order valence-corrected chi connectivity index (χ1v) is 8.66. The van der Waals surface area contributed by atoms with Crippen LogP contribution in [0.2, 0.25) is 0 Å². The zero-order chi connectivity index (χ0) is 19.7. The number of hydrogen-bond donors (Lipinski definition) is 7. The van der Waals surface area contributed by atoms with E-state index in [-0.39, 0.29) is 18.7 Å². The predicted molar refractivity (Wildman–Crippen MR) is 95.5 cm³/mol. The van der Waals surface area contributed by atoms with Crippen LogP contribution >= 0.6 is 0 Å². The third-order valence-corrected chi connectivity index (χ3v) is 4.90. The maximum atomic E-state index is 10.8. The van der Waals surface area contributed by atoms with Gasteiger partial charge < -0.3 is 47.5 Å². The highest BCUT2D eigenvalue weighted by Gasteiger charge is 2.47. The van der Waals surface area contributed by atoms with Gasteiger partial charge in [0.2, 0.25) is 0 Å². The van der Waals surface area contributed by atoms with Crippen LogP contribution in [0.25, 0.3) is 0 Å². The van der Waals surface area contributed by atoms with Gasteiger partial charge in [-0.1, -0.05) is 0 Å². The van der Waals surface area contributed by atoms with Crippen molar-refractivity contribution in [2.45, 2.75) is 55.9 Å². The smallest absolute Gasteiger partial charge is 0.320 e. The second-order valence-electron chi connectivity index (χ2n) is 6.83. The maximum absolute atomic E-state index is 10.8. The van der Waals surface area contributed by atoms with Crippen molar-refractivity contribution < 1.29 is 24.9 Å². The van der Waals surface area contributed by atoms with Crippen molar-refractivity contribution in [2.24, 2.45) is 11.5 Å². The van der Waals surface area contributed by atoms with Crippen molar-refractivity contribution in [2.75, 3.05) is 22.6 Å². The van der Waals surface area contributed by atoms with E-state index in [4.69, 9.17) is 27.0 Å². The summed E-state index contributed by atoms with van der Waals surface area (Å²) in [6.45, 7) is 0.291. The van der Waals surface area contributed by atoms with Gasteiger partial charge in [0.1, 0.15) is 30.3 Å². The summed E-state index contributed by atoms with van der Waals surface area (Å²) in [6, 6.07) is -1.41. The minimum absolute atomic E-state index is 0.213. The predicted octanol–water partition coefficient (Wildman–Crippen LogP) is -2.40. The van der Waals surface area contributed by atoms with Gasteiger partial charge in [0.05, 0.1) is 12.8 Å². The number of aliphatic hydroxyl groups is 2. The molecule has 0 radical (unpaired) electrons. The Morgan fingerprint density at radius 1 is 1.33 bits per heavy atom. The number of aromatic nitrogens is 2. The molecule has 2 aliphatic rings. The third kappa shape index (κ3) is 3.89. The van der Waals surface area contributed by atoms with Crippen LogP contribution in [-0.4, -0.2) is 74.5 Å². The molecule has 1 aromatic heterocycles. The molecule has 0 spiro atoms. The van der Waals surface area contributed by atoms with Crippen molar-refractivity contribution >= 4 is 23.3 Å². The molecule has 0 aromatic carbocycles. The van der Waals surface area contributed by atoms with Crippen LogP contribution in [-0.2, 0) is 9.53 Å². The van der Waals surface area contributed by atoms with Crippen molar-refractivity contribution in [3.05, 3.63) is 6.33 Å². The molecule has 27 heavy (non-hydrogen) atoms. The molecule has 1 aromatic rings. The SMILES string of the molecule is Nc1ncnc2c1NCN2[C@@H]1O[C@H](C[C@@H](N)CC[C@H](N)C(=O)O)[C@@H](O)[C@H]1O. The number of rotatable bonds is 7. The summed E-state index contributed by atoms with van der Waals surface area (Å²) in [7, 11) is 0. The highest BCUT2D eigenvalue weighted by atomic mass is 16.6. The molecule has 0 amide bonds. The van der Waals surface area contributed by atoms with Gasteiger partial charge in [-0.25, -0.2) is 9.97 Å². The summed E-state index contributed by atoms with van der Waals surface area (Å²) in [5, 5.41) is 32.6. The summed E-state index contributed by atoms with van der Waals surface area (Å²) in [5.74, 6) is -0.323. The van der Waals surface area contributed by atoms with Crippen molar-refractivity contribution in [3.8, 4) is 0 Å². The molecule has 12 heteroatoms.